The van der Waals surface area contributed by atoms with Crippen molar-refractivity contribution >= 4 is 5.71 Å². The van der Waals surface area contributed by atoms with Crippen molar-refractivity contribution < 1.29 is 9.57 Å². The standard InChI is InChI=1S/C13H16N4O2/c1-9-14-13(16-15-9)12(17-19-3)11-7-5-4-6-10(11)8-18-2/h4-7H,8H2,1-3H3,(H,14,15,16). The predicted molar refractivity (Wildman–Crippen MR) is 70.9 cm³/mol. The lowest BCUT2D eigenvalue weighted by Crippen LogP contribution is -2.10. The zero-order valence-corrected chi connectivity index (χ0v) is 11.2. The van der Waals surface area contributed by atoms with Gasteiger partial charge in [0.1, 0.15) is 12.9 Å². The number of hydrogen-bond donors (Lipinski definition) is 1. The fourth-order valence-electron chi connectivity index (χ4n) is 1.78. The minimum absolute atomic E-state index is 0.488. The number of rotatable bonds is 5. The average Bonchev–Trinajstić information content (AvgIpc) is 2.84. The Labute approximate surface area is 111 Å². The number of nitrogens with zero attached hydrogens (tertiary/aromatic N) is 3. The average molecular weight is 260 g/mol. The van der Waals surface area contributed by atoms with Gasteiger partial charge >= 0.3 is 0 Å². The molecule has 0 unspecified atom stereocenters. The summed E-state index contributed by atoms with van der Waals surface area (Å²) in [5.41, 5.74) is 2.48. The quantitative estimate of drug-likeness (QED) is 0.655. The van der Waals surface area contributed by atoms with E-state index >= 15 is 0 Å². The van der Waals surface area contributed by atoms with E-state index in [1.54, 1.807) is 7.11 Å². The molecule has 0 aliphatic carbocycles. The van der Waals surface area contributed by atoms with Gasteiger partial charge in [-0.2, -0.15) is 5.10 Å². The van der Waals surface area contributed by atoms with E-state index in [-0.39, 0.29) is 0 Å². The summed E-state index contributed by atoms with van der Waals surface area (Å²) in [5, 5.41) is 11.0. The first-order chi connectivity index (χ1) is 9.26. The molecule has 1 N–H and O–H groups in total. The molecule has 0 amide bonds. The predicted octanol–water partition coefficient (Wildman–Crippen LogP) is 1.66. The van der Waals surface area contributed by atoms with Crippen LogP contribution in [0.25, 0.3) is 0 Å². The van der Waals surface area contributed by atoms with Crippen LogP contribution in [-0.2, 0) is 16.2 Å². The van der Waals surface area contributed by atoms with Gasteiger partial charge in [0.15, 0.2) is 5.71 Å². The van der Waals surface area contributed by atoms with Crippen molar-refractivity contribution in [2.24, 2.45) is 5.16 Å². The van der Waals surface area contributed by atoms with Crippen molar-refractivity contribution in [2.45, 2.75) is 13.5 Å². The number of aromatic nitrogens is 3. The van der Waals surface area contributed by atoms with Crippen LogP contribution >= 0.6 is 0 Å². The lowest BCUT2D eigenvalue weighted by atomic mass is 10.0. The molecule has 0 bridgehead atoms. The smallest absolute Gasteiger partial charge is 0.203 e. The summed E-state index contributed by atoms with van der Waals surface area (Å²) in [6.07, 6.45) is 0. The summed E-state index contributed by atoms with van der Waals surface area (Å²) in [6, 6.07) is 7.80. The third-order valence-electron chi connectivity index (χ3n) is 2.56. The van der Waals surface area contributed by atoms with E-state index in [4.69, 9.17) is 9.57 Å². The molecule has 0 saturated heterocycles. The number of nitrogens with one attached hydrogen (secondary N) is 1. The maximum absolute atomic E-state index is 5.19. The molecule has 0 aliphatic rings. The first-order valence-corrected chi connectivity index (χ1v) is 5.84. The van der Waals surface area contributed by atoms with Gasteiger partial charge in [0.25, 0.3) is 0 Å². The Kier molecular flexibility index (Phi) is 4.25. The van der Waals surface area contributed by atoms with Gasteiger partial charge in [-0.3, -0.25) is 5.10 Å². The van der Waals surface area contributed by atoms with E-state index in [0.717, 1.165) is 17.0 Å². The first kappa shape index (κ1) is 13.2. The Morgan fingerprint density at radius 2 is 2.11 bits per heavy atom. The molecule has 6 heteroatoms. The van der Waals surface area contributed by atoms with Crippen LogP contribution in [0.1, 0.15) is 22.8 Å². The molecular formula is C13H16N4O2. The van der Waals surface area contributed by atoms with Crippen LogP contribution in [0.4, 0.5) is 0 Å². The van der Waals surface area contributed by atoms with E-state index in [1.165, 1.54) is 7.11 Å². The first-order valence-electron chi connectivity index (χ1n) is 5.84. The van der Waals surface area contributed by atoms with Crippen molar-refractivity contribution in [3.8, 4) is 0 Å². The number of H-pyrrole nitrogens is 1. The zero-order chi connectivity index (χ0) is 13.7. The molecular weight excluding hydrogens is 244 g/mol. The SMILES string of the molecule is COCc1ccccc1C(=NOC)c1n[nH]c(C)n1. The third-order valence-corrected chi connectivity index (χ3v) is 2.56. The maximum Gasteiger partial charge on any atom is 0.203 e. The van der Waals surface area contributed by atoms with Crippen molar-refractivity contribution in [1.29, 1.82) is 0 Å². The third kappa shape index (κ3) is 2.97. The van der Waals surface area contributed by atoms with Gasteiger partial charge in [0.2, 0.25) is 5.82 Å². The second-order valence-electron chi connectivity index (χ2n) is 3.96. The summed E-state index contributed by atoms with van der Waals surface area (Å²) >= 11 is 0. The summed E-state index contributed by atoms with van der Waals surface area (Å²) in [6.45, 7) is 2.32. The fraction of sp³-hybridized carbons (Fsp3) is 0.308. The van der Waals surface area contributed by atoms with Gasteiger partial charge in [-0.25, -0.2) is 4.98 Å². The molecule has 0 atom stereocenters. The van der Waals surface area contributed by atoms with Gasteiger partial charge in [-0.15, -0.1) is 0 Å². The number of hydrogen-bond acceptors (Lipinski definition) is 5. The highest BCUT2D eigenvalue weighted by Gasteiger charge is 2.16. The van der Waals surface area contributed by atoms with Gasteiger partial charge in [-0.1, -0.05) is 29.4 Å². The second kappa shape index (κ2) is 6.10. The van der Waals surface area contributed by atoms with Gasteiger partial charge < -0.3 is 9.57 Å². The molecule has 0 aliphatic heterocycles. The number of oxime groups is 1. The largest absolute Gasteiger partial charge is 0.399 e. The number of aryl methyl sites for hydroxylation is 1. The Morgan fingerprint density at radius 1 is 1.32 bits per heavy atom. The van der Waals surface area contributed by atoms with E-state index in [1.807, 2.05) is 31.2 Å². The van der Waals surface area contributed by atoms with Crippen LogP contribution in [0.3, 0.4) is 0 Å². The number of benzene rings is 1. The van der Waals surface area contributed by atoms with E-state index in [9.17, 15) is 0 Å². The molecule has 0 fully saturated rings. The highest BCUT2D eigenvalue weighted by Crippen LogP contribution is 2.15. The molecule has 6 nitrogen and oxygen atoms in total. The summed E-state index contributed by atoms with van der Waals surface area (Å²) < 4.78 is 5.19. The van der Waals surface area contributed by atoms with Crippen LogP contribution in [-0.4, -0.2) is 35.1 Å². The molecule has 19 heavy (non-hydrogen) atoms. The van der Waals surface area contributed by atoms with Gasteiger partial charge in [-0.05, 0) is 12.5 Å². The topological polar surface area (TPSA) is 72.4 Å². The van der Waals surface area contributed by atoms with Crippen LogP contribution < -0.4 is 0 Å². The minimum Gasteiger partial charge on any atom is -0.399 e. The molecule has 0 radical (unpaired) electrons. The van der Waals surface area contributed by atoms with Crippen LogP contribution in [0.2, 0.25) is 0 Å². The Bertz CT molecular complexity index is 578. The lowest BCUT2D eigenvalue weighted by Gasteiger charge is -2.08. The molecule has 1 aromatic heterocycles. The molecule has 1 heterocycles. The van der Waals surface area contributed by atoms with E-state index in [2.05, 4.69) is 20.3 Å². The monoisotopic (exact) mass is 260 g/mol. The molecule has 0 saturated carbocycles. The van der Waals surface area contributed by atoms with Crippen LogP contribution in [0.5, 0.6) is 0 Å². The fourth-order valence-corrected chi connectivity index (χ4v) is 1.78. The zero-order valence-electron chi connectivity index (χ0n) is 11.2. The normalized spacial score (nSPS) is 11.6. The van der Waals surface area contributed by atoms with E-state index in [0.29, 0.717) is 18.1 Å². The number of aromatic amines is 1. The lowest BCUT2D eigenvalue weighted by molar-refractivity contribution is 0.184. The van der Waals surface area contributed by atoms with Crippen molar-refractivity contribution in [2.75, 3.05) is 14.2 Å². The highest BCUT2D eigenvalue weighted by atomic mass is 16.6. The Morgan fingerprint density at radius 3 is 2.74 bits per heavy atom. The summed E-state index contributed by atoms with van der Waals surface area (Å²) in [7, 11) is 3.15. The molecule has 2 rings (SSSR count). The van der Waals surface area contributed by atoms with Gasteiger partial charge in [0.05, 0.1) is 6.61 Å². The van der Waals surface area contributed by atoms with Crippen molar-refractivity contribution in [3.05, 3.63) is 47.0 Å². The second-order valence-corrected chi connectivity index (χ2v) is 3.96. The Hall–Kier alpha value is -2.21. The van der Waals surface area contributed by atoms with Gasteiger partial charge in [0, 0.05) is 12.7 Å². The van der Waals surface area contributed by atoms with Crippen LogP contribution in [0.15, 0.2) is 29.4 Å². The number of ether oxygens (including phenoxy) is 1. The molecule has 100 valence electrons. The number of methoxy groups -OCH3 is 1. The highest BCUT2D eigenvalue weighted by molar-refractivity contribution is 6.11. The van der Waals surface area contributed by atoms with Crippen LogP contribution in [0, 0.1) is 6.92 Å². The molecule has 1 aromatic carbocycles. The minimum atomic E-state index is 0.488. The summed E-state index contributed by atoms with van der Waals surface area (Å²) in [4.78, 5) is 9.20. The van der Waals surface area contributed by atoms with Crippen molar-refractivity contribution in [1.82, 2.24) is 15.2 Å². The molecule has 2 aromatic rings. The maximum atomic E-state index is 5.19. The molecule has 0 spiro atoms. The summed E-state index contributed by atoms with van der Waals surface area (Å²) in [5.74, 6) is 1.23. The Balaban J connectivity index is 2.48. The van der Waals surface area contributed by atoms with Crippen molar-refractivity contribution in [3.63, 3.8) is 0 Å². The van der Waals surface area contributed by atoms with E-state index < -0.39 is 0 Å².